The predicted octanol–water partition coefficient (Wildman–Crippen LogP) is 3.54. The first-order chi connectivity index (χ1) is 9.22. The molecule has 100 valence electrons. The topological polar surface area (TPSA) is 41.1 Å². The molecule has 3 nitrogen and oxygen atoms in total. The van der Waals surface area contributed by atoms with Crippen molar-refractivity contribution in [3.05, 3.63) is 40.9 Å². The van der Waals surface area contributed by atoms with Gasteiger partial charge in [0.05, 0.1) is 6.54 Å². The molecule has 0 aromatic heterocycles. The van der Waals surface area contributed by atoms with E-state index >= 15 is 0 Å². The van der Waals surface area contributed by atoms with Crippen LogP contribution in [0, 0.1) is 0 Å². The number of amides is 1. The van der Waals surface area contributed by atoms with Crippen molar-refractivity contribution in [2.45, 2.75) is 13.3 Å². The molecule has 2 aromatic rings. The fraction of sp³-hybridized carbons (Fsp3) is 0.267. The number of carbonyl (C=O) groups is 1. The molecule has 19 heavy (non-hydrogen) atoms. The Kier molecular flexibility index (Phi) is 4.93. The summed E-state index contributed by atoms with van der Waals surface area (Å²) in [4.78, 5) is 11.8. The van der Waals surface area contributed by atoms with Crippen molar-refractivity contribution in [3.63, 3.8) is 0 Å². The number of carbonyl (C=O) groups excluding carboxylic acids is 1. The smallest absolute Gasteiger partial charge is 0.238 e. The van der Waals surface area contributed by atoms with Crippen LogP contribution < -0.4 is 10.6 Å². The lowest BCUT2D eigenvalue weighted by Gasteiger charge is -2.10. The van der Waals surface area contributed by atoms with Crippen molar-refractivity contribution in [3.8, 4) is 0 Å². The summed E-state index contributed by atoms with van der Waals surface area (Å²) in [6, 6.07) is 11.9. The molecule has 0 aliphatic carbocycles. The minimum atomic E-state index is -0.0130. The molecule has 1 amide bonds. The Balaban J connectivity index is 2.17. The summed E-state index contributed by atoms with van der Waals surface area (Å²) < 4.78 is 1.03. The van der Waals surface area contributed by atoms with Gasteiger partial charge in [-0.2, -0.15) is 0 Å². The molecule has 0 spiro atoms. The summed E-state index contributed by atoms with van der Waals surface area (Å²) in [5, 5.41) is 8.18. The first-order valence-electron chi connectivity index (χ1n) is 6.40. The molecule has 0 unspecified atom stereocenters. The van der Waals surface area contributed by atoms with Crippen LogP contribution in [0.3, 0.4) is 0 Å². The third-order valence-electron chi connectivity index (χ3n) is 2.86. The highest BCUT2D eigenvalue weighted by Crippen LogP contribution is 2.29. The predicted molar refractivity (Wildman–Crippen MR) is 83.4 cm³/mol. The summed E-state index contributed by atoms with van der Waals surface area (Å²) in [5.74, 6) is -0.0130. The Bertz CT molecular complexity index is 583. The van der Waals surface area contributed by atoms with E-state index in [2.05, 4.69) is 33.5 Å². The number of nitrogens with one attached hydrogen (secondary N) is 2. The van der Waals surface area contributed by atoms with E-state index in [1.807, 2.05) is 36.4 Å². The summed E-state index contributed by atoms with van der Waals surface area (Å²) in [5.41, 5.74) is 0.849. The van der Waals surface area contributed by atoms with Gasteiger partial charge >= 0.3 is 0 Å². The van der Waals surface area contributed by atoms with Crippen molar-refractivity contribution >= 4 is 38.3 Å². The minimum Gasteiger partial charge on any atom is -0.324 e. The normalized spacial score (nSPS) is 10.6. The summed E-state index contributed by atoms with van der Waals surface area (Å²) in [6.45, 7) is 3.28. The van der Waals surface area contributed by atoms with Gasteiger partial charge in [0.15, 0.2) is 0 Å². The second kappa shape index (κ2) is 6.68. The molecule has 0 atom stereocenters. The zero-order chi connectivity index (χ0) is 13.7. The van der Waals surface area contributed by atoms with E-state index in [1.165, 1.54) is 0 Å². The van der Waals surface area contributed by atoms with Crippen molar-refractivity contribution in [1.82, 2.24) is 5.32 Å². The second-order valence-corrected chi connectivity index (χ2v) is 5.22. The molecule has 0 saturated heterocycles. The number of hydrogen-bond donors (Lipinski definition) is 2. The van der Waals surface area contributed by atoms with Gasteiger partial charge in [-0.3, -0.25) is 4.79 Å². The van der Waals surface area contributed by atoms with Gasteiger partial charge in [0.1, 0.15) is 0 Å². The Morgan fingerprint density at radius 3 is 2.63 bits per heavy atom. The summed E-state index contributed by atoms with van der Waals surface area (Å²) >= 11 is 3.52. The van der Waals surface area contributed by atoms with E-state index in [9.17, 15) is 4.79 Å². The number of fused-ring (bicyclic) bond motifs is 1. The second-order valence-electron chi connectivity index (χ2n) is 4.37. The van der Waals surface area contributed by atoms with Crippen LogP contribution in [0.1, 0.15) is 13.3 Å². The fourth-order valence-electron chi connectivity index (χ4n) is 1.94. The van der Waals surface area contributed by atoms with E-state index in [4.69, 9.17) is 0 Å². The molecule has 2 aromatic carbocycles. The molecule has 0 fully saturated rings. The van der Waals surface area contributed by atoms with Crippen LogP contribution in [-0.2, 0) is 4.79 Å². The molecule has 0 aliphatic heterocycles. The highest BCUT2D eigenvalue weighted by Gasteiger charge is 2.07. The maximum absolute atomic E-state index is 11.8. The Hall–Kier alpha value is -1.39. The quantitative estimate of drug-likeness (QED) is 0.827. The van der Waals surface area contributed by atoms with Gasteiger partial charge in [-0.05, 0) is 30.5 Å². The molecular formula is C15H17BrN2O. The zero-order valence-electron chi connectivity index (χ0n) is 10.9. The van der Waals surface area contributed by atoms with Crippen molar-refractivity contribution in [2.75, 3.05) is 18.4 Å². The number of benzene rings is 2. The summed E-state index contributed by atoms with van der Waals surface area (Å²) in [7, 11) is 0. The van der Waals surface area contributed by atoms with Gasteiger partial charge in [0.2, 0.25) is 5.91 Å². The minimum absolute atomic E-state index is 0.0130. The standard InChI is InChI=1S/C15H17BrN2O/c1-2-9-17-10-15(19)18-14-8-7-13(16)11-5-3-4-6-12(11)14/h3-8,17H,2,9-10H2,1H3,(H,18,19). The lowest BCUT2D eigenvalue weighted by Crippen LogP contribution is -2.28. The van der Waals surface area contributed by atoms with Crippen molar-refractivity contribution < 1.29 is 4.79 Å². The van der Waals surface area contributed by atoms with Crippen LogP contribution in [0.25, 0.3) is 10.8 Å². The Morgan fingerprint density at radius 1 is 1.16 bits per heavy atom. The van der Waals surface area contributed by atoms with Gasteiger partial charge in [0, 0.05) is 15.5 Å². The number of hydrogen-bond acceptors (Lipinski definition) is 2. The number of halogens is 1. The highest BCUT2D eigenvalue weighted by atomic mass is 79.9. The average Bonchev–Trinajstić information content (AvgIpc) is 2.43. The van der Waals surface area contributed by atoms with Crippen LogP contribution in [0.15, 0.2) is 40.9 Å². The van der Waals surface area contributed by atoms with Crippen molar-refractivity contribution in [2.24, 2.45) is 0 Å². The Morgan fingerprint density at radius 2 is 1.89 bits per heavy atom. The third-order valence-corrected chi connectivity index (χ3v) is 3.55. The molecule has 0 saturated carbocycles. The van der Waals surface area contributed by atoms with Gasteiger partial charge in [-0.25, -0.2) is 0 Å². The van der Waals surface area contributed by atoms with Crippen LogP contribution >= 0.6 is 15.9 Å². The van der Waals surface area contributed by atoms with Crippen LogP contribution in [0.2, 0.25) is 0 Å². The lowest BCUT2D eigenvalue weighted by molar-refractivity contribution is -0.115. The first kappa shape index (κ1) is 14.0. The van der Waals surface area contributed by atoms with E-state index in [-0.39, 0.29) is 5.91 Å². The van der Waals surface area contributed by atoms with Crippen LogP contribution in [-0.4, -0.2) is 19.0 Å². The van der Waals surface area contributed by atoms with Gasteiger partial charge in [-0.1, -0.05) is 47.1 Å². The number of anilines is 1. The molecule has 2 rings (SSSR count). The van der Waals surface area contributed by atoms with Crippen LogP contribution in [0.4, 0.5) is 5.69 Å². The van der Waals surface area contributed by atoms with Crippen LogP contribution in [0.5, 0.6) is 0 Å². The Labute approximate surface area is 121 Å². The maximum Gasteiger partial charge on any atom is 0.238 e. The summed E-state index contributed by atoms with van der Waals surface area (Å²) in [6.07, 6.45) is 1.02. The molecule has 2 N–H and O–H groups in total. The molecule has 0 aliphatic rings. The molecule has 4 heteroatoms. The fourth-order valence-corrected chi connectivity index (χ4v) is 2.42. The SMILES string of the molecule is CCCNCC(=O)Nc1ccc(Br)c2ccccc12. The van der Waals surface area contributed by atoms with Gasteiger partial charge < -0.3 is 10.6 Å². The maximum atomic E-state index is 11.8. The highest BCUT2D eigenvalue weighted by molar-refractivity contribution is 9.10. The first-order valence-corrected chi connectivity index (χ1v) is 7.19. The average molecular weight is 321 g/mol. The molecule has 0 heterocycles. The molecular weight excluding hydrogens is 304 g/mol. The van der Waals surface area contributed by atoms with E-state index in [0.717, 1.165) is 33.9 Å². The van der Waals surface area contributed by atoms with E-state index in [0.29, 0.717) is 6.54 Å². The van der Waals surface area contributed by atoms with Crippen molar-refractivity contribution in [1.29, 1.82) is 0 Å². The lowest BCUT2D eigenvalue weighted by atomic mass is 10.1. The third kappa shape index (κ3) is 3.55. The van der Waals surface area contributed by atoms with Gasteiger partial charge in [-0.15, -0.1) is 0 Å². The zero-order valence-corrected chi connectivity index (χ0v) is 12.5. The van der Waals surface area contributed by atoms with E-state index < -0.39 is 0 Å². The van der Waals surface area contributed by atoms with E-state index in [1.54, 1.807) is 0 Å². The largest absolute Gasteiger partial charge is 0.324 e. The molecule has 0 radical (unpaired) electrons. The monoisotopic (exact) mass is 320 g/mol. The number of rotatable bonds is 5. The molecule has 0 bridgehead atoms. The van der Waals surface area contributed by atoms with Gasteiger partial charge in [0.25, 0.3) is 0 Å².